The number of halogens is 2. The van der Waals surface area contributed by atoms with Crippen molar-refractivity contribution in [3.05, 3.63) is 94.1 Å². The van der Waals surface area contributed by atoms with Crippen LogP contribution in [0.15, 0.2) is 83.5 Å². The summed E-state index contributed by atoms with van der Waals surface area (Å²) in [7, 11) is 0. The van der Waals surface area contributed by atoms with Crippen LogP contribution in [0.5, 0.6) is 0 Å². The molecule has 6 nitrogen and oxygen atoms in total. The van der Waals surface area contributed by atoms with Gasteiger partial charge in [0.1, 0.15) is 5.82 Å². The van der Waals surface area contributed by atoms with E-state index in [1.807, 2.05) is 51.9 Å². The summed E-state index contributed by atoms with van der Waals surface area (Å²) in [5.41, 5.74) is 3.48. The number of benzene rings is 3. The fourth-order valence-corrected chi connectivity index (χ4v) is 5.72. The Morgan fingerprint density at radius 1 is 1.00 bits per heavy atom. The Bertz CT molecular complexity index is 1630. The number of hydrogen-bond acceptors (Lipinski definition) is 4. The lowest BCUT2D eigenvalue weighted by molar-refractivity contribution is -0.131. The SMILES string of the molecule is O=C(Cc1ccc2ccccc2c1)N1CCC(CNc2cc(-c3ccccc3Cl)nc3c(Br)cnn23)CC1. The molecule has 3 heterocycles. The van der Waals surface area contributed by atoms with Crippen molar-refractivity contribution in [3.8, 4) is 11.3 Å². The van der Waals surface area contributed by atoms with E-state index in [0.717, 1.165) is 65.2 Å². The highest BCUT2D eigenvalue weighted by Crippen LogP contribution is 2.31. The number of nitrogens with one attached hydrogen (secondary N) is 1. The maximum atomic E-state index is 13.0. The fraction of sp³-hybridized carbons (Fsp3) is 0.233. The van der Waals surface area contributed by atoms with Gasteiger partial charge in [-0.25, -0.2) is 4.98 Å². The van der Waals surface area contributed by atoms with E-state index in [0.29, 0.717) is 17.4 Å². The van der Waals surface area contributed by atoms with Crippen LogP contribution in [0.1, 0.15) is 18.4 Å². The van der Waals surface area contributed by atoms with Crippen LogP contribution in [0.4, 0.5) is 5.82 Å². The summed E-state index contributed by atoms with van der Waals surface area (Å²) in [6, 6.07) is 24.3. The number of aromatic nitrogens is 3. The van der Waals surface area contributed by atoms with Crippen LogP contribution in [0.3, 0.4) is 0 Å². The summed E-state index contributed by atoms with van der Waals surface area (Å²) in [4.78, 5) is 19.8. The number of fused-ring (bicyclic) bond motifs is 2. The van der Waals surface area contributed by atoms with E-state index in [-0.39, 0.29) is 5.91 Å². The van der Waals surface area contributed by atoms with Crippen LogP contribution >= 0.6 is 27.5 Å². The number of anilines is 1. The summed E-state index contributed by atoms with van der Waals surface area (Å²) >= 11 is 10.0. The monoisotopic (exact) mass is 587 g/mol. The summed E-state index contributed by atoms with van der Waals surface area (Å²) in [6.07, 6.45) is 4.13. The Labute approximate surface area is 234 Å². The van der Waals surface area contributed by atoms with Crippen LogP contribution < -0.4 is 5.32 Å². The molecule has 1 saturated heterocycles. The molecule has 0 bridgehead atoms. The summed E-state index contributed by atoms with van der Waals surface area (Å²) < 4.78 is 2.64. The number of likely N-dealkylation sites (tertiary alicyclic amines) is 1. The first kappa shape index (κ1) is 24.9. The Morgan fingerprint density at radius 2 is 1.76 bits per heavy atom. The minimum Gasteiger partial charge on any atom is -0.370 e. The quantitative estimate of drug-likeness (QED) is 0.235. The van der Waals surface area contributed by atoms with E-state index in [9.17, 15) is 4.79 Å². The molecular weight excluding hydrogens is 562 g/mol. The Balaban J connectivity index is 1.10. The molecule has 1 aliphatic rings. The average Bonchev–Trinajstić information content (AvgIpc) is 3.32. The Hall–Kier alpha value is -3.42. The van der Waals surface area contributed by atoms with Gasteiger partial charge in [0.15, 0.2) is 5.65 Å². The summed E-state index contributed by atoms with van der Waals surface area (Å²) in [5.74, 6) is 1.53. The molecule has 0 unspecified atom stereocenters. The second kappa shape index (κ2) is 10.8. The molecule has 0 aliphatic carbocycles. The van der Waals surface area contributed by atoms with E-state index >= 15 is 0 Å². The molecule has 2 aromatic heterocycles. The first-order valence-electron chi connectivity index (χ1n) is 12.8. The van der Waals surface area contributed by atoms with Gasteiger partial charge in [0.25, 0.3) is 0 Å². The molecular formula is C30H27BrClN5O. The number of amides is 1. The second-order valence-electron chi connectivity index (χ2n) is 9.80. The van der Waals surface area contributed by atoms with Crippen LogP contribution in [0.25, 0.3) is 27.7 Å². The zero-order chi connectivity index (χ0) is 26.1. The van der Waals surface area contributed by atoms with Crippen LogP contribution in [-0.4, -0.2) is 45.0 Å². The average molecular weight is 589 g/mol. The number of carbonyl (C=O) groups is 1. The molecule has 0 atom stereocenters. The molecule has 1 amide bonds. The van der Waals surface area contributed by atoms with Crippen LogP contribution in [0, 0.1) is 5.92 Å². The minimum absolute atomic E-state index is 0.202. The van der Waals surface area contributed by atoms with Crippen molar-refractivity contribution in [2.45, 2.75) is 19.3 Å². The van der Waals surface area contributed by atoms with Gasteiger partial charge in [-0.15, -0.1) is 0 Å². The number of piperidine rings is 1. The fourth-order valence-electron chi connectivity index (χ4n) is 5.14. The highest BCUT2D eigenvalue weighted by molar-refractivity contribution is 9.10. The molecule has 6 rings (SSSR count). The zero-order valence-electron chi connectivity index (χ0n) is 20.8. The van der Waals surface area contributed by atoms with Crippen molar-refractivity contribution in [2.24, 2.45) is 5.92 Å². The third-order valence-electron chi connectivity index (χ3n) is 7.29. The Kier molecular flexibility index (Phi) is 7.04. The second-order valence-corrected chi connectivity index (χ2v) is 11.1. The van der Waals surface area contributed by atoms with E-state index in [1.54, 1.807) is 6.20 Å². The van der Waals surface area contributed by atoms with Gasteiger partial charge in [0, 0.05) is 36.3 Å². The van der Waals surface area contributed by atoms with Crippen molar-refractivity contribution in [1.82, 2.24) is 19.5 Å². The van der Waals surface area contributed by atoms with Crippen molar-refractivity contribution >= 4 is 55.7 Å². The van der Waals surface area contributed by atoms with E-state index in [4.69, 9.17) is 16.6 Å². The summed E-state index contributed by atoms with van der Waals surface area (Å²) in [5, 5.41) is 11.1. The normalized spacial score (nSPS) is 14.3. The molecule has 192 valence electrons. The number of carbonyl (C=O) groups excluding carboxylic acids is 1. The molecule has 0 spiro atoms. The van der Waals surface area contributed by atoms with Gasteiger partial charge in [0.05, 0.1) is 22.8 Å². The first-order chi connectivity index (χ1) is 18.5. The largest absolute Gasteiger partial charge is 0.370 e. The Morgan fingerprint density at radius 3 is 2.58 bits per heavy atom. The van der Waals surface area contributed by atoms with Gasteiger partial charge < -0.3 is 10.2 Å². The third-order valence-corrected chi connectivity index (χ3v) is 8.18. The smallest absolute Gasteiger partial charge is 0.226 e. The number of rotatable bonds is 6. The van der Waals surface area contributed by atoms with Crippen LogP contribution in [0.2, 0.25) is 5.02 Å². The molecule has 1 aliphatic heterocycles. The predicted molar refractivity (Wildman–Crippen MR) is 157 cm³/mol. The summed E-state index contributed by atoms with van der Waals surface area (Å²) in [6.45, 7) is 2.36. The molecule has 0 saturated carbocycles. The van der Waals surface area contributed by atoms with Gasteiger partial charge in [0.2, 0.25) is 5.91 Å². The van der Waals surface area contributed by atoms with E-state index < -0.39 is 0 Å². The maximum Gasteiger partial charge on any atom is 0.226 e. The molecule has 3 aromatic carbocycles. The van der Waals surface area contributed by atoms with E-state index in [2.05, 4.69) is 56.7 Å². The van der Waals surface area contributed by atoms with Gasteiger partial charge in [-0.2, -0.15) is 9.61 Å². The minimum atomic E-state index is 0.202. The molecule has 38 heavy (non-hydrogen) atoms. The standard InChI is InChI=1S/C30H27BrClN5O/c31-25-19-34-37-28(17-27(35-30(25)37)24-7-3-4-8-26(24)32)33-18-20-11-13-36(14-12-20)29(38)16-21-9-10-22-5-1-2-6-23(22)15-21/h1-10,15,17,19-20,33H,11-14,16,18H2. The topological polar surface area (TPSA) is 62.5 Å². The van der Waals surface area contributed by atoms with Crippen molar-refractivity contribution in [1.29, 1.82) is 0 Å². The van der Waals surface area contributed by atoms with Crippen molar-refractivity contribution in [3.63, 3.8) is 0 Å². The van der Waals surface area contributed by atoms with Gasteiger partial charge in [-0.1, -0.05) is 72.3 Å². The number of nitrogens with zero attached hydrogens (tertiary/aromatic N) is 4. The highest BCUT2D eigenvalue weighted by Gasteiger charge is 2.23. The maximum absolute atomic E-state index is 13.0. The third kappa shape index (κ3) is 5.13. The predicted octanol–water partition coefficient (Wildman–Crippen LogP) is 6.86. The highest BCUT2D eigenvalue weighted by atomic mass is 79.9. The van der Waals surface area contributed by atoms with E-state index in [1.165, 1.54) is 10.8 Å². The van der Waals surface area contributed by atoms with Crippen LogP contribution in [-0.2, 0) is 11.2 Å². The molecule has 8 heteroatoms. The lowest BCUT2D eigenvalue weighted by Crippen LogP contribution is -2.40. The first-order valence-corrected chi connectivity index (χ1v) is 14.0. The van der Waals surface area contributed by atoms with Crippen molar-refractivity contribution < 1.29 is 4.79 Å². The van der Waals surface area contributed by atoms with Gasteiger partial charge >= 0.3 is 0 Å². The zero-order valence-corrected chi connectivity index (χ0v) is 23.1. The number of hydrogen-bond donors (Lipinski definition) is 1. The molecule has 1 fully saturated rings. The molecule has 5 aromatic rings. The van der Waals surface area contributed by atoms with Gasteiger partial charge in [-0.05, 0) is 57.1 Å². The lowest BCUT2D eigenvalue weighted by Gasteiger charge is -2.32. The lowest BCUT2D eigenvalue weighted by atomic mass is 9.96. The van der Waals surface area contributed by atoms with Crippen molar-refractivity contribution in [2.75, 3.05) is 25.0 Å². The van der Waals surface area contributed by atoms with Gasteiger partial charge in [-0.3, -0.25) is 4.79 Å². The molecule has 0 radical (unpaired) electrons. The molecule has 1 N–H and O–H groups in total.